The molecule has 0 saturated carbocycles. The molecule has 0 fully saturated rings. The number of benzene rings is 1. The summed E-state index contributed by atoms with van der Waals surface area (Å²) in [4.78, 5) is 35.1. The SMILES string of the molecule is CCOC(=O)C1=C(c2ccccc2)N=c2s/c(=C/c3cc(Br)c(N(C)C)o3)c(=O)n2[C@H]1c1cccs1. The van der Waals surface area contributed by atoms with Gasteiger partial charge in [0.1, 0.15) is 11.8 Å². The Morgan fingerprint density at radius 3 is 2.67 bits per heavy atom. The number of hydrogen-bond donors (Lipinski definition) is 0. The zero-order valence-electron chi connectivity index (χ0n) is 19.7. The second-order valence-corrected chi connectivity index (χ2v) is 11.0. The molecule has 0 N–H and O–H groups in total. The number of fused-ring (bicyclic) bond motifs is 1. The number of anilines is 1. The molecule has 0 radical (unpaired) electrons. The summed E-state index contributed by atoms with van der Waals surface area (Å²) >= 11 is 6.25. The molecule has 1 aliphatic heterocycles. The van der Waals surface area contributed by atoms with Crippen molar-refractivity contribution in [1.29, 1.82) is 0 Å². The highest BCUT2D eigenvalue weighted by Crippen LogP contribution is 2.37. The number of carbonyl (C=O) groups excluding carboxylic acids is 1. The van der Waals surface area contributed by atoms with Crippen LogP contribution in [0, 0.1) is 0 Å². The second-order valence-electron chi connectivity index (χ2n) is 8.14. The summed E-state index contributed by atoms with van der Waals surface area (Å²) in [5.74, 6) is 0.705. The third kappa shape index (κ3) is 4.40. The van der Waals surface area contributed by atoms with Crippen LogP contribution >= 0.6 is 38.6 Å². The maximum atomic E-state index is 13.8. The van der Waals surface area contributed by atoms with Crippen LogP contribution in [0.3, 0.4) is 0 Å². The fourth-order valence-electron chi connectivity index (χ4n) is 4.04. The van der Waals surface area contributed by atoms with Crippen LogP contribution in [0.15, 0.2) is 78.2 Å². The fourth-order valence-corrected chi connectivity index (χ4v) is 6.50. The first-order valence-electron chi connectivity index (χ1n) is 11.2. The molecule has 7 nitrogen and oxygen atoms in total. The van der Waals surface area contributed by atoms with E-state index in [1.807, 2.05) is 72.9 Å². The number of nitrogens with zero attached hydrogens (tertiary/aromatic N) is 3. The number of aromatic nitrogens is 1. The van der Waals surface area contributed by atoms with Gasteiger partial charge in [-0.25, -0.2) is 9.79 Å². The van der Waals surface area contributed by atoms with E-state index in [1.54, 1.807) is 17.6 Å². The topological polar surface area (TPSA) is 77.0 Å². The summed E-state index contributed by atoms with van der Waals surface area (Å²) < 4.78 is 14.2. The highest BCUT2D eigenvalue weighted by atomic mass is 79.9. The summed E-state index contributed by atoms with van der Waals surface area (Å²) in [6, 6.07) is 14.5. The van der Waals surface area contributed by atoms with Gasteiger partial charge < -0.3 is 14.1 Å². The lowest BCUT2D eigenvalue weighted by Gasteiger charge is -2.24. The molecular weight excluding hydrogens is 562 g/mol. The van der Waals surface area contributed by atoms with Crippen molar-refractivity contribution in [2.24, 2.45) is 4.99 Å². The Morgan fingerprint density at radius 2 is 2.03 bits per heavy atom. The van der Waals surface area contributed by atoms with E-state index in [1.165, 1.54) is 22.7 Å². The van der Waals surface area contributed by atoms with E-state index >= 15 is 0 Å². The average Bonchev–Trinajstić information content (AvgIpc) is 3.59. The highest BCUT2D eigenvalue weighted by molar-refractivity contribution is 9.10. The number of furan rings is 1. The molecule has 184 valence electrons. The van der Waals surface area contributed by atoms with Gasteiger partial charge in [0.25, 0.3) is 5.56 Å². The van der Waals surface area contributed by atoms with Gasteiger partial charge in [0.05, 0.1) is 26.9 Å². The maximum Gasteiger partial charge on any atom is 0.338 e. The number of hydrogen-bond acceptors (Lipinski definition) is 8. The molecule has 4 heterocycles. The van der Waals surface area contributed by atoms with Crippen molar-refractivity contribution in [2.45, 2.75) is 13.0 Å². The Hall–Kier alpha value is -3.21. The van der Waals surface area contributed by atoms with Crippen LogP contribution in [0.4, 0.5) is 5.88 Å². The molecule has 3 aromatic heterocycles. The number of esters is 1. The lowest BCUT2D eigenvalue weighted by molar-refractivity contribution is -0.138. The van der Waals surface area contributed by atoms with Crippen molar-refractivity contribution in [2.75, 3.05) is 25.6 Å². The predicted octanol–water partition coefficient (Wildman–Crippen LogP) is 4.42. The lowest BCUT2D eigenvalue weighted by atomic mass is 9.97. The minimum absolute atomic E-state index is 0.216. The molecule has 0 spiro atoms. The normalized spacial score (nSPS) is 15.6. The number of rotatable bonds is 6. The van der Waals surface area contributed by atoms with E-state index in [2.05, 4.69) is 15.9 Å². The maximum absolute atomic E-state index is 13.8. The third-order valence-corrected chi connectivity index (χ3v) is 8.03. The number of thiazole rings is 1. The van der Waals surface area contributed by atoms with E-state index in [4.69, 9.17) is 14.1 Å². The van der Waals surface area contributed by atoms with Gasteiger partial charge in [0.2, 0.25) is 5.88 Å². The summed E-state index contributed by atoms with van der Waals surface area (Å²) in [6.45, 7) is 1.98. The van der Waals surface area contributed by atoms with Gasteiger partial charge in [-0.3, -0.25) is 9.36 Å². The second kappa shape index (κ2) is 10.0. The fraction of sp³-hybridized carbons (Fsp3) is 0.192. The van der Waals surface area contributed by atoms with Crippen molar-refractivity contribution >= 4 is 62.2 Å². The minimum Gasteiger partial charge on any atom is -0.463 e. The van der Waals surface area contributed by atoms with E-state index < -0.39 is 12.0 Å². The lowest BCUT2D eigenvalue weighted by Crippen LogP contribution is -2.39. The van der Waals surface area contributed by atoms with Crippen LogP contribution in [0.5, 0.6) is 0 Å². The number of halogens is 1. The molecule has 0 saturated heterocycles. The van der Waals surface area contributed by atoms with E-state index in [0.717, 1.165) is 14.9 Å². The molecule has 10 heteroatoms. The van der Waals surface area contributed by atoms with Gasteiger partial charge in [-0.1, -0.05) is 47.7 Å². The molecule has 5 rings (SSSR count). The predicted molar refractivity (Wildman–Crippen MR) is 146 cm³/mol. The molecule has 0 bridgehead atoms. The minimum atomic E-state index is -0.654. The van der Waals surface area contributed by atoms with Gasteiger partial charge in [-0.15, -0.1) is 11.3 Å². The van der Waals surface area contributed by atoms with Gasteiger partial charge in [-0.05, 0) is 34.3 Å². The van der Waals surface area contributed by atoms with Crippen LogP contribution in [-0.4, -0.2) is 31.2 Å². The van der Waals surface area contributed by atoms with Crippen LogP contribution < -0.4 is 19.8 Å². The summed E-state index contributed by atoms with van der Waals surface area (Å²) in [5, 5.41) is 1.93. The third-order valence-electron chi connectivity index (χ3n) is 5.55. The van der Waals surface area contributed by atoms with Crippen LogP contribution in [0.1, 0.15) is 29.2 Å². The summed E-state index contributed by atoms with van der Waals surface area (Å²) in [6.07, 6.45) is 1.71. The average molecular weight is 585 g/mol. The Labute approximate surface area is 223 Å². The van der Waals surface area contributed by atoms with Crippen molar-refractivity contribution in [3.8, 4) is 0 Å². The smallest absolute Gasteiger partial charge is 0.338 e. The molecule has 1 aliphatic rings. The quantitative estimate of drug-likeness (QED) is 0.314. The van der Waals surface area contributed by atoms with Crippen molar-refractivity contribution in [3.63, 3.8) is 0 Å². The van der Waals surface area contributed by atoms with Gasteiger partial charge in [-0.2, -0.15) is 0 Å². The van der Waals surface area contributed by atoms with Gasteiger partial charge >= 0.3 is 5.97 Å². The molecular formula is C26H22BrN3O4S2. The number of carbonyl (C=O) groups is 1. The first-order valence-corrected chi connectivity index (χ1v) is 13.7. The zero-order chi connectivity index (χ0) is 25.4. The molecule has 1 atom stereocenters. The highest BCUT2D eigenvalue weighted by Gasteiger charge is 2.35. The summed E-state index contributed by atoms with van der Waals surface area (Å²) in [5.41, 5.74) is 1.39. The first-order chi connectivity index (χ1) is 17.4. The van der Waals surface area contributed by atoms with Gasteiger partial charge in [0.15, 0.2) is 4.80 Å². The largest absolute Gasteiger partial charge is 0.463 e. The number of thiophene rings is 1. The van der Waals surface area contributed by atoms with Crippen LogP contribution in [0.2, 0.25) is 0 Å². The molecule has 36 heavy (non-hydrogen) atoms. The molecule has 0 amide bonds. The Morgan fingerprint density at radius 1 is 1.25 bits per heavy atom. The molecule has 0 aliphatic carbocycles. The summed E-state index contributed by atoms with van der Waals surface area (Å²) in [7, 11) is 3.76. The molecule has 4 aromatic rings. The Kier molecular flexibility index (Phi) is 6.83. The van der Waals surface area contributed by atoms with E-state index in [9.17, 15) is 9.59 Å². The van der Waals surface area contributed by atoms with Crippen molar-refractivity contribution < 1.29 is 13.9 Å². The Balaban J connectivity index is 1.78. The molecule has 1 aromatic carbocycles. The standard InChI is InChI=1S/C26H22BrN3O4S2/c1-4-33-25(32)20-21(15-9-6-5-7-10-15)28-26-30(22(20)18-11-8-12-35-18)23(31)19(36-26)14-16-13-17(27)24(34-16)29(2)3/h5-14,22H,4H2,1-3H3/b19-14+/t22-/m0/s1. The van der Waals surface area contributed by atoms with Crippen molar-refractivity contribution in [1.82, 2.24) is 4.57 Å². The van der Waals surface area contributed by atoms with E-state index in [-0.39, 0.29) is 12.2 Å². The Bertz CT molecular complexity index is 1630. The van der Waals surface area contributed by atoms with Crippen molar-refractivity contribution in [3.05, 3.63) is 99.8 Å². The van der Waals surface area contributed by atoms with E-state index in [0.29, 0.717) is 32.2 Å². The first kappa shape index (κ1) is 24.5. The monoisotopic (exact) mass is 583 g/mol. The van der Waals surface area contributed by atoms with Crippen LogP contribution in [0.25, 0.3) is 11.8 Å². The molecule has 0 unspecified atom stereocenters. The van der Waals surface area contributed by atoms with Crippen LogP contribution in [-0.2, 0) is 9.53 Å². The zero-order valence-corrected chi connectivity index (χ0v) is 22.9. The number of ether oxygens (including phenoxy) is 1. The van der Waals surface area contributed by atoms with Gasteiger partial charge in [0, 0.05) is 36.7 Å².